The predicted molar refractivity (Wildman–Crippen MR) is 133 cm³/mol. The average Bonchev–Trinajstić information content (AvgIpc) is 3.26. The molecule has 0 radical (unpaired) electrons. The van der Waals surface area contributed by atoms with Gasteiger partial charge in [-0.15, -0.1) is 0 Å². The number of rotatable bonds is 6. The molecule has 1 amide bonds. The number of carbonyl (C=O) groups is 1. The molecule has 34 heavy (non-hydrogen) atoms. The van der Waals surface area contributed by atoms with Gasteiger partial charge in [0.15, 0.2) is 0 Å². The van der Waals surface area contributed by atoms with Crippen molar-refractivity contribution in [3.05, 3.63) is 48.5 Å². The summed E-state index contributed by atoms with van der Waals surface area (Å²) in [6, 6.07) is 16.2. The monoisotopic (exact) mass is 481 g/mol. The summed E-state index contributed by atoms with van der Waals surface area (Å²) in [7, 11) is 1.68. The number of carbonyl (C=O) groups excluding carboxylic acids is 1. The lowest BCUT2D eigenvalue weighted by Crippen LogP contribution is -3.00. The molecule has 0 unspecified atom stereocenters. The minimum absolute atomic E-state index is 0. The first-order chi connectivity index (χ1) is 16.2. The summed E-state index contributed by atoms with van der Waals surface area (Å²) < 4.78 is 7.66. The van der Waals surface area contributed by atoms with Gasteiger partial charge in [-0.25, -0.2) is 4.98 Å². The number of amides is 1. The zero-order valence-electron chi connectivity index (χ0n) is 21.0. The Balaban J connectivity index is 0.00000171. The van der Waals surface area contributed by atoms with Crippen molar-refractivity contribution >= 4 is 16.9 Å². The molecule has 182 valence electrons. The molecular weight excluding hydrogens is 446 g/mol. The molecule has 3 aromatic rings. The van der Waals surface area contributed by atoms with Gasteiger partial charge in [0, 0.05) is 5.56 Å². The first-order valence-corrected chi connectivity index (χ1v) is 12.6. The van der Waals surface area contributed by atoms with Crippen LogP contribution in [0.15, 0.2) is 48.5 Å². The Labute approximate surface area is 210 Å². The van der Waals surface area contributed by atoms with E-state index >= 15 is 0 Å². The number of nitrogens with two attached hydrogens (primary N) is 1. The van der Waals surface area contributed by atoms with E-state index in [9.17, 15) is 4.79 Å². The average molecular weight is 482 g/mol. The molecule has 0 atom stereocenters. The third-order valence-electron chi connectivity index (χ3n) is 8.13. The molecule has 2 saturated carbocycles. The number of hydrogen-bond acceptors (Lipinski definition) is 3. The highest BCUT2D eigenvalue weighted by Gasteiger charge is 2.53. The van der Waals surface area contributed by atoms with E-state index in [1.54, 1.807) is 7.11 Å². The van der Waals surface area contributed by atoms with Crippen LogP contribution in [0.3, 0.4) is 0 Å². The molecule has 0 aliphatic heterocycles. The molecule has 5 rings (SSSR count). The molecule has 0 spiro atoms. The molecule has 2 aliphatic carbocycles. The molecule has 0 bridgehead atoms. The number of imidazole rings is 1. The lowest BCUT2D eigenvalue weighted by atomic mass is 9.63. The lowest BCUT2D eigenvalue weighted by molar-refractivity contribution is -0.135. The van der Waals surface area contributed by atoms with Crippen LogP contribution < -0.4 is 22.9 Å². The zero-order valence-corrected chi connectivity index (χ0v) is 20.8. The van der Waals surface area contributed by atoms with Gasteiger partial charge in [-0.3, -0.25) is 4.79 Å². The van der Waals surface area contributed by atoms with E-state index in [-0.39, 0.29) is 31.6 Å². The summed E-state index contributed by atoms with van der Waals surface area (Å²) in [6.07, 6.45) is 11.3. The highest BCUT2D eigenvalue weighted by atomic mass is 35.5. The maximum Gasteiger partial charge on any atom is 1.00 e. The quantitative estimate of drug-likeness (QED) is 0.588. The van der Waals surface area contributed by atoms with Crippen LogP contribution in [-0.2, 0) is 10.3 Å². The smallest absolute Gasteiger partial charge is 1.00 e. The first kappa shape index (κ1) is 24.6. The van der Waals surface area contributed by atoms with Gasteiger partial charge in [0.25, 0.3) is 0 Å². The third-order valence-corrected chi connectivity index (χ3v) is 8.13. The minimum atomic E-state index is -0.758. The number of fused-ring (bicyclic) bond motifs is 1. The molecule has 5 nitrogen and oxygen atoms in total. The van der Waals surface area contributed by atoms with Crippen molar-refractivity contribution in [1.82, 2.24) is 9.55 Å². The van der Waals surface area contributed by atoms with Gasteiger partial charge in [-0.1, -0.05) is 50.7 Å². The van der Waals surface area contributed by atoms with Gasteiger partial charge in [-0.2, -0.15) is 0 Å². The summed E-state index contributed by atoms with van der Waals surface area (Å²) in [5.41, 5.74) is 8.66. The second-order valence-electron chi connectivity index (χ2n) is 9.85. The minimum Gasteiger partial charge on any atom is -1.00 e. The topological polar surface area (TPSA) is 70.1 Å². The Bertz CT molecular complexity index is 1100. The number of ether oxygens (including phenoxy) is 1. The molecular formula is C28H36ClN3O2. The van der Waals surface area contributed by atoms with E-state index in [1.165, 1.54) is 12.8 Å². The van der Waals surface area contributed by atoms with E-state index in [0.29, 0.717) is 0 Å². The van der Waals surface area contributed by atoms with Crippen LogP contribution in [0.4, 0.5) is 0 Å². The third kappa shape index (κ3) is 4.08. The Morgan fingerprint density at radius 2 is 1.50 bits per heavy atom. The number of nitrogens with zero attached hydrogens (tertiary/aromatic N) is 2. The van der Waals surface area contributed by atoms with Crippen molar-refractivity contribution < 1.29 is 23.4 Å². The van der Waals surface area contributed by atoms with Crippen molar-refractivity contribution in [2.24, 2.45) is 17.6 Å². The van der Waals surface area contributed by atoms with Crippen molar-refractivity contribution in [2.45, 2.75) is 69.7 Å². The largest absolute Gasteiger partial charge is 1.00 e. The van der Waals surface area contributed by atoms with Crippen LogP contribution in [0.5, 0.6) is 5.75 Å². The van der Waals surface area contributed by atoms with Gasteiger partial charge >= 0.3 is 1.43 Å². The molecule has 6 heteroatoms. The lowest BCUT2D eigenvalue weighted by Gasteiger charge is -2.48. The number of halogens is 1. The molecule has 2 aliphatic rings. The first-order valence-electron chi connectivity index (χ1n) is 12.6. The van der Waals surface area contributed by atoms with E-state index in [1.807, 2.05) is 42.5 Å². The summed E-state index contributed by atoms with van der Waals surface area (Å²) in [5.74, 6) is 1.94. The number of hydrogen-bond donors (Lipinski definition) is 1. The fourth-order valence-corrected chi connectivity index (χ4v) is 6.63. The van der Waals surface area contributed by atoms with Crippen LogP contribution in [0, 0.1) is 11.8 Å². The Kier molecular flexibility index (Phi) is 7.51. The van der Waals surface area contributed by atoms with Gasteiger partial charge in [0.1, 0.15) is 17.1 Å². The molecule has 0 saturated heterocycles. The summed E-state index contributed by atoms with van der Waals surface area (Å²) in [6.45, 7) is 0. The number of aromatic nitrogens is 2. The standard InChI is InChI=1S/C28H35N3O2.ClH/c1-33-23-18-16-20(17-19-23)26-30-24-14-8-9-15-25(24)31(26)28(27(29)32,21-10-4-2-5-11-21)22-12-6-3-7-13-22;/h8-9,14-19,21-22H,2-7,10-13H2,1H3,(H2,29,32);1H. The van der Waals surface area contributed by atoms with E-state index in [2.05, 4.69) is 10.6 Å². The van der Waals surface area contributed by atoms with Crippen LogP contribution in [0.25, 0.3) is 22.4 Å². The SMILES string of the molecule is COc1ccc(-c2nc3ccccc3n2C(C(N)=O)(C2CCCCC2)C2CCCCC2)cc1.[Cl-].[H+]. The van der Waals surface area contributed by atoms with Crippen LogP contribution in [0.1, 0.15) is 65.6 Å². The maximum absolute atomic E-state index is 13.8. The normalized spacial score (nSPS) is 17.9. The fourth-order valence-electron chi connectivity index (χ4n) is 6.63. The second kappa shape index (κ2) is 10.4. The summed E-state index contributed by atoms with van der Waals surface area (Å²) in [5, 5.41) is 0. The van der Waals surface area contributed by atoms with Gasteiger partial charge < -0.3 is 27.4 Å². The van der Waals surface area contributed by atoms with E-state index in [0.717, 1.165) is 79.5 Å². The highest BCUT2D eigenvalue weighted by Crippen LogP contribution is 2.50. The molecule has 1 heterocycles. The fraction of sp³-hybridized carbons (Fsp3) is 0.500. The summed E-state index contributed by atoms with van der Waals surface area (Å²) in [4.78, 5) is 18.9. The van der Waals surface area contributed by atoms with Crippen molar-refractivity contribution in [3.8, 4) is 17.1 Å². The van der Waals surface area contributed by atoms with Crippen LogP contribution in [0.2, 0.25) is 0 Å². The second-order valence-corrected chi connectivity index (χ2v) is 9.85. The van der Waals surface area contributed by atoms with Crippen molar-refractivity contribution in [1.29, 1.82) is 0 Å². The predicted octanol–water partition coefficient (Wildman–Crippen LogP) is 3.17. The van der Waals surface area contributed by atoms with E-state index < -0.39 is 5.54 Å². The number of primary amides is 1. The highest BCUT2D eigenvalue weighted by molar-refractivity contribution is 5.89. The maximum atomic E-state index is 13.8. The van der Waals surface area contributed by atoms with Gasteiger partial charge in [0.2, 0.25) is 5.91 Å². The number of methoxy groups -OCH3 is 1. The van der Waals surface area contributed by atoms with Gasteiger partial charge in [-0.05, 0) is 73.9 Å². The van der Waals surface area contributed by atoms with Crippen molar-refractivity contribution in [3.63, 3.8) is 0 Å². The van der Waals surface area contributed by atoms with Crippen LogP contribution >= 0.6 is 0 Å². The molecule has 2 aromatic carbocycles. The Morgan fingerprint density at radius 1 is 0.941 bits per heavy atom. The van der Waals surface area contributed by atoms with E-state index in [4.69, 9.17) is 15.5 Å². The Hall–Kier alpha value is -2.53. The summed E-state index contributed by atoms with van der Waals surface area (Å²) >= 11 is 0. The number of para-hydroxylation sites is 2. The van der Waals surface area contributed by atoms with Crippen molar-refractivity contribution in [2.75, 3.05) is 7.11 Å². The molecule has 1 aromatic heterocycles. The Morgan fingerprint density at radius 3 is 2.03 bits per heavy atom. The van der Waals surface area contributed by atoms with Gasteiger partial charge in [0.05, 0.1) is 18.1 Å². The number of benzene rings is 2. The molecule has 2 N–H and O–H groups in total. The zero-order chi connectivity index (χ0) is 22.8. The van der Waals surface area contributed by atoms with Crippen LogP contribution in [-0.4, -0.2) is 22.6 Å². The molecule has 2 fully saturated rings.